The molecule has 6 nitrogen and oxygen atoms in total. The number of ether oxygens (including phenoxy) is 1. The minimum absolute atomic E-state index is 0.166. The topological polar surface area (TPSA) is 69.1 Å². The van der Waals surface area contributed by atoms with E-state index in [9.17, 15) is 4.79 Å². The van der Waals surface area contributed by atoms with E-state index in [1.807, 2.05) is 25.2 Å². The third kappa shape index (κ3) is 4.59. The Hall–Kier alpha value is -2.09. The van der Waals surface area contributed by atoms with Crippen LogP contribution in [0.2, 0.25) is 23.2 Å². The molecule has 0 radical (unpaired) electrons. The highest BCUT2D eigenvalue weighted by molar-refractivity contribution is 6.74. The lowest BCUT2D eigenvalue weighted by atomic mass is 10.0. The summed E-state index contributed by atoms with van der Waals surface area (Å²) in [6.45, 7) is 11.9. The van der Waals surface area contributed by atoms with Crippen LogP contribution in [-0.2, 0) is 22.6 Å². The number of esters is 1. The minimum Gasteiger partial charge on any atom is -0.464 e. The van der Waals surface area contributed by atoms with Crippen LogP contribution in [0, 0.1) is 0 Å². The maximum Gasteiger partial charge on any atom is 0.354 e. The lowest BCUT2D eigenvalue weighted by Crippen LogP contribution is -2.41. The number of rotatable bonds is 7. The first kappa shape index (κ1) is 23.6. The molecule has 2 aromatic heterocycles. The lowest BCUT2D eigenvalue weighted by molar-refractivity contribution is 0.0593. The van der Waals surface area contributed by atoms with Crippen LogP contribution < -0.4 is 0 Å². The zero-order valence-electron chi connectivity index (χ0n) is 19.4. The normalized spacial score (nSPS) is 12.5. The summed E-state index contributed by atoms with van der Waals surface area (Å²) in [6, 6.07) is 5.74. The van der Waals surface area contributed by atoms with Crippen LogP contribution in [0.5, 0.6) is 0 Å². The highest BCUT2D eigenvalue weighted by atomic mass is 35.5. The van der Waals surface area contributed by atoms with Crippen LogP contribution >= 0.6 is 11.6 Å². The Bertz CT molecular complexity index is 1100. The molecule has 3 aromatic rings. The molecule has 2 heterocycles. The molecule has 0 atom stereocenters. The molecule has 0 unspecified atom stereocenters. The van der Waals surface area contributed by atoms with Gasteiger partial charge in [0.2, 0.25) is 0 Å². The van der Waals surface area contributed by atoms with E-state index in [1.165, 1.54) is 7.11 Å². The number of carbonyl (C=O) groups is 1. The first-order chi connectivity index (χ1) is 14.5. The molecule has 0 saturated heterocycles. The number of benzene rings is 1. The van der Waals surface area contributed by atoms with Crippen molar-refractivity contribution in [2.45, 2.75) is 51.7 Å². The number of aryl methyl sites for hydroxylation is 2. The molecule has 0 amide bonds. The summed E-state index contributed by atoms with van der Waals surface area (Å²) in [4.78, 5) is 15.8. The Morgan fingerprint density at radius 2 is 1.97 bits per heavy atom. The summed E-state index contributed by atoms with van der Waals surface area (Å²) in [6.07, 6.45) is 3.24. The third-order valence-corrected chi connectivity index (χ3v) is 11.2. The number of halogens is 1. The van der Waals surface area contributed by atoms with Gasteiger partial charge in [-0.25, -0.2) is 4.79 Å². The molecule has 31 heavy (non-hydrogen) atoms. The van der Waals surface area contributed by atoms with Gasteiger partial charge >= 0.3 is 5.97 Å². The molecule has 0 aliphatic rings. The van der Waals surface area contributed by atoms with Gasteiger partial charge in [0.1, 0.15) is 5.69 Å². The van der Waals surface area contributed by atoms with Crippen LogP contribution in [0.15, 0.2) is 24.4 Å². The van der Waals surface area contributed by atoms with Crippen molar-refractivity contribution in [2.24, 2.45) is 7.05 Å². The number of hydrogen-bond donors (Lipinski definition) is 1. The maximum atomic E-state index is 12.5. The summed E-state index contributed by atoms with van der Waals surface area (Å²) in [5, 5.41) is 6.00. The molecule has 0 aliphatic heterocycles. The van der Waals surface area contributed by atoms with Gasteiger partial charge in [0, 0.05) is 30.8 Å². The van der Waals surface area contributed by atoms with Gasteiger partial charge in [-0.05, 0) is 48.7 Å². The number of methoxy groups -OCH3 is 1. The predicted molar refractivity (Wildman–Crippen MR) is 128 cm³/mol. The van der Waals surface area contributed by atoms with Crippen molar-refractivity contribution in [3.05, 3.63) is 40.7 Å². The monoisotopic (exact) mass is 461 g/mol. The first-order valence-electron chi connectivity index (χ1n) is 10.5. The van der Waals surface area contributed by atoms with Crippen molar-refractivity contribution in [3.8, 4) is 11.3 Å². The van der Waals surface area contributed by atoms with E-state index < -0.39 is 8.32 Å². The smallest absolute Gasteiger partial charge is 0.354 e. The van der Waals surface area contributed by atoms with Crippen LogP contribution in [0.3, 0.4) is 0 Å². The van der Waals surface area contributed by atoms with Gasteiger partial charge in [0.05, 0.1) is 23.3 Å². The summed E-state index contributed by atoms with van der Waals surface area (Å²) in [5.41, 5.74) is 3.92. The molecule has 1 aromatic carbocycles. The second-order valence-corrected chi connectivity index (χ2v) is 14.6. The summed E-state index contributed by atoms with van der Waals surface area (Å²) in [5.74, 6) is -0.386. The van der Waals surface area contributed by atoms with Crippen molar-refractivity contribution in [1.82, 2.24) is 14.8 Å². The zero-order valence-corrected chi connectivity index (χ0v) is 21.2. The van der Waals surface area contributed by atoms with Crippen LogP contribution in [0.1, 0.15) is 43.2 Å². The number of hydrogen-bond acceptors (Lipinski definition) is 4. The number of fused-ring (bicyclic) bond motifs is 1. The Morgan fingerprint density at radius 3 is 2.55 bits per heavy atom. The fourth-order valence-corrected chi connectivity index (χ4v) is 4.83. The molecular weight excluding hydrogens is 430 g/mol. The Balaban J connectivity index is 1.97. The number of nitrogens with zero attached hydrogens (tertiary/aromatic N) is 2. The van der Waals surface area contributed by atoms with E-state index in [0.717, 1.165) is 34.1 Å². The van der Waals surface area contributed by atoms with Crippen molar-refractivity contribution < 1.29 is 14.0 Å². The number of aromatic nitrogens is 3. The van der Waals surface area contributed by atoms with Crippen LogP contribution in [-0.4, -0.2) is 42.8 Å². The second kappa shape index (κ2) is 8.80. The Morgan fingerprint density at radius 1 is 1.26 bits per heavy atom. The van der Waals surface area contributed by atoms with Gasteiger partial charge in [0.15, 0.2) is 8.32 Å². The highest BCUT2D eigenvalue weighted by Crippen LogP contribution is 2.38. The second-order valence-electron chi connectivity index (χ2n) is 9.37. The number of H-pyrrole nitrogens is 1. The van der Waals surface area contributed by atoms with Gasteiger partial charge < -0.3 is 14.1 Å². The molecule has 1 N–H and O–H groups in total. The van der Waals surface area contributed by atoms with Crippen molar-refractivity contribution in [1.29, 1.82) is 0 Å². The van der Waals surface area contributed by atoms with Crippen molar-refractivity contribution >= 4 is 36.8 Å². The number of aromatic amines is 1. The zero-order chi connectivity index (χ0) is 23.0. The van der Waals surface area contributed by atoms with E-state index >= 15 is 0 Å². The third-order valence-electron chi connectivity index (χ3n) is 6.34. The van der Waals surface area contributed by atoms with Crippen molar-refractivity contribution in [2.75, 3.05) is 13.7 Å². The Labute approximate surface area is 190 Å². The molecular formula is C23H32ClN3O3Si. The molecule has 168 valence electrons. The molecule has 0 saturated carbocycles. The molecule has 3 rings (SSSR count). The number of nitrogens with one attached hydrogen (secondary N) is 1. The molecule has 0 spiro atoms. The van der Waals surface area contributed by atoms with Crippen molar-refractivity contribution in [3.63, 3.8) is 0 Å². The Kier molecular flexibility index (Phi) is 6.69. The average Bonchev–Trinajstić information content (AvgIpc) is 3.27. The number of carbonyl (C=O) groups excluding carboxylic acids is 1. The van der Waals surface area contributed by atoms with E-state index in [1.54, 1.807) is 10.9 Å². The molecule has 0 aliphatic carbocycles. The average molecular weight is 462 g/mol. The summed E-state index contributed by atoms with van der Waals surface area (Å²) < 4.78 is 13.1. The lowest BCUT2D eigenvalue weighted by Gasteiger charge is -2.36. The summed E-state index contributed by atoms with van der Waals surface area (Å²) >= 11 is 6.57. The fraction of sp³-hybridized carbons (Fsp3) is 0.478. The van der Waals surface area contributed by atoms with Gasteiger partial charge in [-0.2, -0.15) is 5.10 Å². The first-order valence-corrected chi connectivity index (χ1v) is 13.8. The van der Waals surface area contributed by atoms with Crippen LogP contribution in [0.25, 0.3) is 22.2 Å². The highest BCUT2D eigenvalue weighted by Gasteiger charge is 2.36. The fourth-order valence-electron chi connectivity index (χ4n) is 3.49. The molecule has 0 fully saturated rings. The minimum atomic E-state index is -1.81. The quantitative estimate of drug-likeness (QED) is 0.267. The van der Waals surface area contributed by atoms with E-state index in [-0.39, 0.29) is 11.0 Å². The van der Waals surface area contributed by atoms with E-state index in [2.05, 4.69) is 43.9 Å². The van der Waals surface area contributed by atoms with Gasteiger partial charge in [-0.3, -0.25) is 4.68 Å². The van der Waals surface area contributed by atoms with E-state index in [0.29, 0.717) is 23.7 Å². The molecule has 0 bridgehead atoms. The standard InChI is InChI=1S/C23H32ClN3O3Si/c1-23(2,3)31(6,7)30-14-8-9-15-16-10-11-17(24)19(18-12-13-25-27(18)4)20(16)26-21(15)22(28)29-5/h10-13,26H,8-9,14H2,1-7H3. The maximum absolute atomic E-state index is 12.5. The largest absolute Gasteiger partial charge is 0.464 e. The van der Waals surface area contributed by atoms with Gasteiger partial charge in [0.25, 0.3) is 0 Å². The van der Waals surface area contributed by atoms with Gasteiger partial charge in [-0.15, -0.1) is 0 Å². The molecule has 8 heteroatoms. The van der Waals surface area contributed by atoms with Crippen LogP contribution in [0.4, 0.5) is 0 Å². The van der Waals surface area contributed by atoms with E-state index in [4.69, 9.17) is 20.8 Å². The van der Waals surface area contributed by atoms with Gasteiger partial charge in [-0.1, -0.05) is 38.4 Å². The summed E-state index contributed by atoms with van der Waals surface area (Å²) in [7, 11) is 1.46. The SMILES string of the molecule is COC(=O)c1[nH]c2c(-c3ccnn3C)c(Cl)ccc2c1CCCO[Si](C)(C)C(C)(C)C. The predicted octanol–water partition coefficient (Wildman–Crippen LogP) is 5.96.